The Morgan fingerprint density at radius 1 is 0.933 bits per heavy atom. The van der Waals surface area contributed by atoms with Gasteiger partial charge < -0.3 is 10.4 Å². The molecule has 2 aromatic rings. The van der Waals surface area contributed by atoms with E-state index in [2.05, 4.69) is 5.32 Å². The summed E-state index contributed by atoms with van der Waals surface area (Å²) in [6.45, 7) is 0. The highest BCUT2D eigenvalue weighted by molar-refractivity contribution is 6.09. The molecule has 2 atom stereocenters. The molecule has 0 spiro atoms. The van der Waals surface area contributed by atoms with Crippen molar-refractivity contribution in [2.24, 2.45) is 17.8 Å². The molecule has 0 aromatic heterocycles. The molecule has 4 saturated carbocycles. The molecule has 0 aliphatic heterocycles. The number of benzene rings is 2. The lowest BCUT2D eigenvalue weighted by molar-refractivity contribution is -0.136. The minimum atomic E-state index is -0.808. The molecule has 4 aliphatic carbocycles. The average Bonchev–Trinajstić information content (AvgIpc) is 2.69. The lowest BCUT2D eigenvalue weighted by atomic mass is 9.52. The van der Waals surface area contributed by atoms with Crippen molar-refractivity contribution in [3.05, 3.63) is 70.8 Å². The summed E-state index contributed by atoms with van der Waals surface area (Å²) in [7, 11) is 0. The standard InChI is InChI=1S/C24H23F2NO3/c25-19-4-2-1-3-17(19)22(28)14-5-6-18(20(26)9-14)23(29)27-21-15-7-13-8-16(21)12-24(30,10-13)11-15/h1-6,9,13,15-16,21,30H,7-8,10-12H2,(H,27,29). The Kier molecular flexibility index (Phi) is 4.51. The molecule has 2 N–H and O–H groups in total. The van der Waals surface area contributed by atoms with Crippen LogP contribution >= 0.6 is 0 Å². The fourth-order valence-electron chi connectivity index (χ4n) is 6.09. The van der Waals surface area contributed by atoms with E-state index in [0.717, 1.165) is 25.3 Å². The highest BCUT2D eigenvalue weighted by atomic mass is 19.1. The van der Waals surface area contributed by atoms with Crippen LogP contribution in [-0.4, -0.2) is 28.4 Å². The van der Waals surface area contributed by atoms with Crippen molar-refractivity contribution in [3.8, 4) is 0 Å². The normalized spacial score (nSPS) is 31.6. The monoisotopic (exact) mass is 411 g/mol. The third-order valence-electron chi connectivity index (χ3n) is 7.13. The first-order valence-electron chi connectivity index (χ1n) is 10.4. The van der Waals surface area contributed by atoms with E-state index in [0.29, 0.717) is 18.8 Å². The predicted molar refractivity (Wildman–Crippen MR) is 106 cm³/mol. The maximum atomic E-state index is 14.7. The van der Waals surface area contributed by atoms with E-state index in [1.807, 2.05) is 0 Å². The zero-order chi connectivity index (χ0) is 21.0. The fourth-order valence-corrected chi connectivity index (χ4v) is 6.09. The van der Waals surface area contributed by atoms with Gasteiger partial charge in [0.25, 0.3) is 5.91 Å². The van der Waals surface area contributed by atoms with E-state index in [4.69, 9.17) is 0 Å². The molecule has 0 saturated heterocycles. The highest BCUT2D eigenvalue weighted by Gasteiger charge is 2.55. The molecule has 2 aromatic carbocycles. The maximum Gasteiger partial charge on any atom is 0.254 e. The number of aliphatic hydroxyl groups is 1. The zero-order valence-corrected chi connectivity index (χ0v) is 16.4. The summed E-state index contributed by atoms with van der Waals surface area (Å²) in [5, 5.41) is 13.7. The summed E-state index contributed by atoms with van der Waals surface area (Å²) in [5.41, 5.74) is -0.878. The topological polar surface area (TPSA) is 66.4 Å². The molecule has 4 bridgehead atoms. The fraction of sp³-hybridized carbons (Fsp3) is 0.417. The first kappa shape index (κ1) is 19.4. The Hall–Kier alpha value is -2.60. The van der Waals surface area contributed by atoms with Crippen LogP contribution in [0, 0.1) is 29.4 Å². The third-order valence-corrected chi connectivity index (χ3v) is 7.13. The molecule has 4 nitrogen and oxygen atoms in total. The van der Waals surface area contributed by atoms with Crippen LogP contribution in [-0.2, 0) is 0 Å². The minimum absolute atomic E-state index is 0.00834. The minimum Gasteiger partial charge on any atom is -0.390 e. The Bertz CT molecular complexity index is 1020. The third kappa shape index (κ3) is 3.23. The van der Waals surface area contributed by atoms with Crippen molar-refractivity contribution in [2.75, 3.05) is 0 Å². The molecule has 1 amide bonds. The average molecular weight is 411 g/mol. The molecule has 156 valence electrons. The Balaban J connectivity index is 1.33. The molecule has 0 heterocycles. The van der Waals surface area contributed by atoms with Crippen LogP contribution < -0.4 is 5.32 Å². The van der Waals surface area contributed by atoms with Crippen molar-refractivity contribution >= 4 is 11.7 Å². The Morgan fingerprint density at radius 3 is 2.27 bits per heavy atom. The van der Waals surface area contributed by atoms with Crippen molar-refractivity contribution in [2.45, 2.75) is 43.7 Å². The van der Waals surface area contributed by atoms with Crippen molar-refractivity contribution in [1.29, 1.82) is 0 Å². The summed E-state index contributed by atoms with van der Waals surface area (Å²) in [4.78, 5) is 25.3. The van der Waals surface area contributed by atoms with Crippen LogP contribution in [0.3, 0.4) is 0 Å². The second kappa shape index (κ2) is 6.98. The van der Waals surface area contributed by atoms with E-state index in [1.54, 1.807) is 0 Å². The second-order valence-electron chi connectivity index (χ2n) is 9.20. The lowest BCUT2D eigenvalue weighted by Crippen LogP contribution is -2.61. The molecule has 4 aliphatic rings. The van der Waals surface area contributed by atoms with E-state index >= 15 is 0 Å². The molecule has 6 heteroatoms. The van der Waals surface area contributed by atoms with Crippen molar-refractivity contribution < 1.29 is 23.5 Å². The summed E-state index contributed by atoms with van der Waals surface area (Å²) in [6.07, 6.45) is 4.20. The van der Waals surface area contributed by atoms with Gasteiger partial charge in [-0.05, 0) is 74.1 Å². The van der Waals surface area contributed by atoms with Gasteiger partial charge in [-0.15, -0.1) is 0 Å². The summed E-state index contributed by atoms with van der Waals surface area (Å²) >= 11 is 0. The second-order valence-corrected chi connectivity index (χ2v) is 9.20. The van der Waals surface area contributed by atoms with Crippen LogP contribution in [0.15, 0.2) is 42.5 Å². The summed E-state index contributed by atoms with van der Waals surface area (Å²) < 4.78 is 28.6. The van der Waals surface area contributed by atoms with Crippen molar-refractivity contribution in [3.63, 3.8) is 0 Å². The van der Waals surface area contributed by atoms with Gasteiger partial charge in [0, 0.05) is 11.6 Å². The first-order chi connectivity index (χ1) is 14.3. The van der Waals surface area contributed by atoms with Gasteiger partial charge in [-0.25, -0.2) is 8.78 Å². The van der Waals surface area contributed by atoms with Gasteiger partial charge in [0.2, 0.25) is 0 Å². The molecule has 6 rings (SSSR count). The van der Waals surface area contributed by atoms with Gasteiger partial charge in [0.05, 0.1) is 16.7 Å². The number of amides is 1. The molecule has 2 unspecified atom stereocenters. The number of hydrogen-bond donors (Lipinski definition) is 2. The number of hydrogen-bond acceptors (Lipinski definition) is 3. The first-order valence-corrected chi connectivity index (χ1v) is 10.4. The smallest absolute Gasteiger partial charge is 0.254 e. The van der Waals surface area contributed by atoms with Crippen LogP contribution in [0.1, 0.15) is 58.4 Å². The van der Waals surface area contributed by atoms with E-state index in [1.165, 1.54) is 36.4 Å². The van der Waals surface area contributed by atoms with Crippen LogP contribution in [0.5, 0.6) is 0 Å². The number of rotatable bonds is 4. The molecule has 30 heavy (non-hydrogen) atoms. The number of ketones is 1. The summed E-state index contributed by atoms with van der Waals surface area (Å²) in [6, 6.07) is 9.09. The SMILES string of the molecule is O=C(NC1C2CC3CC1CC(O)(C3)C2)c1ccc(C(=O)c2ccccc2F)cc1F. The molecular weight excluding hydrogens is 388 g/mol. The quantitative estimate of drug-likeness (QED) is 0.751. The van der Waals surface area contributed by atoms with E-state index in [9.17, 15) is 23.5 Å². The van der Waals surface area contributed by atoms with E-state index in [-0.39, 0.29) is 34.6 Å². The Labute approximate surface area is 173 Å². The van der Waals surface area contributed by atoms with Crippen LogP contribution in [0.25, 0.3) is 0 Å². The lowest BCUT2D eigenvalue weighted by Gasteiger charge is -2.58. The van der Waals surface area contributed by atoms with Crippen LogP contribution in [0.2, 0.25) is 0 Å². The number of nitrogens with one attached hydrogen (secondary N) is 1. The molecule has 4 fully saturated rings. The number of carbonyl (C=O) groups is 2. The number of carbonyl (C=O) groups excluding carboxylic acids is 2. The zero-order valence-electron chi connectivity index (χ0n) is 16.4. The van der Waals surface area contributed by atoms with Crippen LogP contribution in [0.4, 0.5) is 8.78 Å². The molecular formula is C24H23F2NO3. The number of halogens is 2. The van der Waals surface area contributed by atoms with Crippen molar-refractivity contribution in [1.82, 2.24) is 5.32 Å². The maximum absolute atomic E-state index is 14.7. The summed E-state index contributed by atoms with van der Waals surface area (Å²) in [5.74, 6) is -1.67. The Morgan fingerprint density at radius 2 is 1.63 bits per heavy atom. The molecule has 0 radical (unpaired) electrons. The van der Waals surface area contributed by atoms with Gasteiger partial charge >= 0.3 is 0 Å². The van der Waals surface area contributed by atoms with E-state index < -0.39 is 28.9 Å². The van der Waals surface area contributed by atoms with Gasteiger partial charge in [0.15, 0.2) is 5.78 Å². The van der Waals surface area contributed by atoms with Gasteiger partial charge in [-0.1, -0.05) is 18.2 Å². The van der Waals surface area contributed by atoms with Gasteiger partial charge in [-0.2, -0.15) is 0 Å². The largest absolute Gasteiger partial charge is 0.390 e. The van der Waals surface area contributed by atoms with Gasteiger partial charge in [0.1, 0.15) is 11.6 Å². The van der Waals surface area contributed by atoms with Gasteiger partial charge in [-0.3, -0.25) is 9.59 Å². The highest BCUT2D eigenvalue weighted by Crippen LogP contribution is 2.55. The predicted octanol–water partition coefficient (Wildman–Crippen LogP) is 3.87.